The number of anilines is 1. The van der Waals surface area contributed by atoms with Crippen molar-refractivity contribution in [2.24, 2.45) is 5.92 Å². The molecule has 1 atom stereocenters. The number of rotatable bonds is 2. The minimum atomic E-state index is -1.22. The maximum atomic E-state index is 13.2. The van der Waals surface area contributed by atoms with Crippen LogP contribution in [0.15, 0.2) is 18.2 Å². The number of benzene rings is 1. The number of ketones is 1. The van der Waals surface area contributed by atoms with E-state index < -0.39 is 29.4 Å². The number of amides is 1. The molecule has 0 saturated heterocycles. The monoisotopic (exact) mass is 265 g/mol. The predicted octanol–water partition coefficient (Wildman–Crippen LogP) is 1.53. The highest BCUT2D eigenvalue weighted by molar-refractivity contribution is 6.17. The second-order valence-corrected chi connectivity index (χ2v) is 4.11. The van der Waals surface area contributed by atoms with Gasteiger partial charge in [-0.2, -0.15) is 0 Å². The molecule has 1 aromatic rings. The standard InChI is InChI=1S/C13H12FNO4/c1-2-19-13(18)9-6-11(16)15-10-4-3-7(14)5-8(10)12(9)17/h3-5,9H,2,6H2,1H3,(H,15,16). The fourth-order valence-corrected chi connectivity index (χ4v) is 1.93. The van der Waals surface area contributed by atoms with E-state index in [9.17, 15) is 18.8 Å². The first-order valence-electron chi connectivity index (χ1n) is 5.83. The number of carbonyl (C=O) groups is 3. The number of ether oxygens (including phenoxy) is 1. The average molecular weight is 265 g/mol. The molecule has 1 aromatic carbocycles. The summed E-state index contributed by atoms with van der Waals surface area (Å²) in [7, 11) is 0. The Kier molecular flexibility index (Phi) is 3.59. The summed E-state index contributed by atoms with van der Waals surface area (Å²) in [5, 5.41) is 2.47. The van der Waals surface area contributed by atoms with E-state index in [1.54, 1.807) is 6.92 Å². The molecule has 1 N–H and O–H groups in total. The van der Waals surface area contributed by atoms with E-state index >= 15 is 0 Å². The molecule has 1 aliphatic heterocycles. The van der Waals surface area contributed by atoms with Crippen LogP contribution in [0.25, 0.3) is 0 Å². The maximum absolute atomic E-state index is 13.2. The SMILES string of the molecule is CCOC(=O)C1CC(=O)Nc2ccc(F)cc2C1=O. The van der Waals surface area contributed by atoms with Crippen LogP contribution in [0.3, 0.4) is 0 Å². The van der Waals surface area contributed by atoms with E-state index in [2.05, 4.69) is 5.32 Å². The highest BCUT2D eigenvalue weighted by atomic mass is 19.1. The Balaban J connectivity index is 2.43. The van der Waals surface area contributed by atoms with Crippen LogP contribution in [-0.2, 0) is 14.3 Å². The van der Waals surface area contributed by atoms with Gasteiger partial charge < -0.3 is 10.1 Å². The van der Waals surface area contributed by atoms with Gasteiger partial charge in [-0.3, -0.25) is 14.4 Å². The smallest absolute Gasteiger partial charge is 0.317 e. The number of hydrogen-bond donors (Lipinski definition) is 1. The van der Waals surface area contributed by atoms with E-state index in [0.717, 1.165) is 12.1 Å². The minimum Gasteiger partial charge on any atom is -0.465 e. The normalized spacial score (nSPS) is 18.3. The summed E-state index contributed by atoms with van der Waals surface area (Å²) in [5.74, 6) is -3.67. The summed E-state index contributed by atoms with van der Waals surface area (Å²) < 4.78 is 18.0. The largest absolute Gasteiger partial charge is 0.465 e. The summed E-state index contributed by atoms with van der Waals surface area (Å²) in [6, 6.07) is 3.45. The molecule has 1 heterocycles. The number of hydrogen-bond acceptors (Lipinski definition) is 4. The molecule has 1 unspecified atom stereocenters. The zero-order valence-corrected chi connectivity index (χ0v) is 10.2. The first-order chi connectivity index (χ1) is 9.02. The maximum Gasteiger partial charge on any atom is 0.317 e. The van der Waals surface area contributed by atoms with Gasteiger partial charge in [0.15, 0.2) is 5.78 Å². The number of carbonyl (C=O) groups excluding carboxylic acids is 3. The molecule has 0 aliphatic carbocycles. The number of nitrogens with one attached hydrogen (secondary N) is 1. The third-order valence-corrected chi connectivity index (χ3v) is 2.80. The highest BCUT2D eigenvalue weighted by Crippen LogP contribution is 2.26. The molecule has 5 nitrogen and oxygen atoms in total. The Labute approximate surface area is 108 Å². The van der Waals surface area contributed by atoms with Crippen LogP contribution in [0.1, 0.15) is 23.7 Å². The van der Waals surface area contributed by atoms with E-state index in [0.29, 0.717) is 0 Å². The van der Waals surface area contributed by atoms with Crippen LogP contribution in [0.4, 0.5) is 10.1 Å². The van der Waals surface area contributed by atoms with Crippen molar-refractivity contribution in [3.05, 3.63) is 29.6 Å². The number of Topliss-reactive ketones (excluding diaryl/α,β-unsaturated/α-hetero) is 1. The van der Waals surface area contributed by atoms with Gasteiger partial charge in [-0.1, -0.05) is 0 Å². The highest BCUT2D eigenvalue weighted by Gasteiger charge is 2.35. The summed E-state index contributed by atoms with van der Waals surface area (Å²) in [4.78, 5) is 35.5. The molecule has 19 heavy (non-hydrogen) atoms. The number of fused-ring (bicyclic) bond motifs is 1. The lowest BCUT2D eigenvalue weighted by atomic mass is 9.95. The van der Waals surface area contributed by atoms with E-state index in [1.807, 2.05) is 0 Å². The van der Waals surface area contributed by atoms with E-state index in [4.69, 9.17) is 4.74 Å². The molecule has 0 fully saturated rings. The fourth-order valence-electron chi connectivity index (χ4n) is 1.93. The summed E-state index contributed by atoms with van der Waals surface area (Å²) in [6.45, 7) is 1.72. The third-order valence-electron chi connectivity index (χ3n) is 2.80. The lowest BCUT2D eigenvalue weighted by molar-refractivity contribution is -0.147. The lowest BCUT2D eigenvalue weighted by Gasteiger charge is -2.10. The fraction of sp³-hybridized carbons (Fsp3) is 0.308. The molecule has 2 rings (SSSR count). The van der Waals surface area contributed by atoms with Crippen molar-refractivity contribution in [1.29, 1.82) is 0 Å². The Bertz CT molecular complexity index is 556. The molecule has 1 aliphatic rings. The van der Waals surface area contributed by atoms with Crippen molar-refractivity contribution >= 4 is 23.3 Å². The zero-order chi connectivity index (χ0) is 14.0. The molecular weight excluding hydrogens is 253 g/mol. The third kappa shape index (κ3) is 2.62. The van der Waals surface area contributed by atoms with Crippen molar-refractivity contribution in [2.75, 3.05) is 11.9 Å². The van der Waals surface area contributed by atoms with Crippen LogP contribution in [0.5, 0.6) is 0 Å². The molecule has 0 radical (unpaired) electrons. The van der Waals surface area contributed by atoms with Crippen molar-refractivity contribution in [3.63, 3.8) is 0 Å². The first-order valence-corrected chi connectivity index (χ1v) is 5.83. The predicted molar refractivity (Wildman–Crippen MR) is 64.1 cm³/mol. The summed E-state index contributed by atoms with van der Waals surface area (Å²) in [5.41, 5.74) is 0.201. The van der Waals surface area contributed by atoms with Crippen molar-refractivity contribution in [3.8, 4) is 0 Å². The molecule has 0 spiro atoms. The molecule has 0 bridgehead atoms. The van der Waals surface area contributed by atoms with Crippen LogP contribution >= 0.6 is 0 Å². The van der Waals surface area contributed by atoms with Gasteiger partial charge in [0, 0.05) is 12.0 Å². The van der Waals surface area contributed by atoms with E-state index in [1.165, 1.54) is 6.07 Å². The number of halogens is 1. The molecule has 1 amide bonds. The second kappa shape index (κ2) is 5.17. The summed E-state index contributed by atoms with van der Waals surface area (Å²) >= 11 is 0. The van der Waals surface area contributed by atoms with Crippen LogP contribution in [0.2, 0.25) is 0 Å². The van der Waals surface area contributed by atoms with Gasteiger partial charge in [0.25, 0.3) is 0 Å². The van der Waals surface area contributed by atoms with Gasteiger partial charge in [-0.25, -0.2) is 4.39 Å². The lowest BCUT2D eigenvalue weighted by Crippen LogP contribution is -2.27. The van der Waals surface area contributed by atoms with Crippen molar-refractivity contribution in [1.82, 2.24) is 0 Å². The first kappa shape index (κ1) is 13.2. The van der Waals surface area contributed by atoms with E-state index in [-0.39, 0.29) is 24.3 Å². The minimum absolute atomic E-state index is 0.0103. The Morgan fingerprint density at radius 2 is 2.21 bits per heavy atom. The molecule has 0 aromatic heterocycles. The Hall–Kier alpha value is -2.24. The Morgan fingerprint density at radius 1 is 1.47 bits per heavy atom. The molecular formula is C13H12FNO4. The van der Waals surface area contributed by atoms with Crippen molar-refractivity contribution < 1.29 is 23.5 Å². The van der Waals surface area contributed by atoms with Gasteiger partial charge >= 0.3 is 5.97 Å². The zero-order valence-electron chi connectivity index (χ0n) is 10.2. The molecule has 6 heteroatoms. The average Bonchev–Trinajstić information content (AvgIpc) is 2.48. The van der Waals surface area contributed by atoms with Gasteiger partial charge in [0.05, 0.1) is 12.3 Å². The molecule has 0 saturated carbocycles. The van der Waals surface area contributed by atoms with Crippen molar-refractivity contribution in [2.45, 2.75) is 13.3 Å². The van der Waals surface area contributed by atoms with Gasteiger partial charge in [-0.05, 0) is 25.1 Å². The van der Waals surface area contributed by atoms with Gasteiger partial charge in [0.1, 0.15) is 11.7 Å². The second-order valence-electron chi connectivity index (χ2n) is 4.11. The van der Waals surface area contributed by atoms with Crippen LogP contribution < -0.4 is 5.32 Å². The number of esters is 1. The van der Waals surface area contributed by atoms with Gasteiger partial charge in [-0.15, -0.1) is 0 Å². The molecule has 100 valence electrons. The quantitative estimate of drug-likeness (QED) is 0.650. The van der Waals surface area contributed by atoms with Crippen LogP contribution in [-0.4, -0.2) is 24.3 Å². The summed E-state index contributed by atoms with van der Waals surface area (Å²) in [6.07, 6.45) is -0.298. The van der Waals surface area contributed by atoms with Gasteiger partial charge in [0.2, 0.25) is 5.91 Å². The Morgan fingerprint density at radius 3 is 2.89 bits per heavy atom. The van der Waals surface area contributed by atoms with Crippen LogP contribution in [0, 0.1) is 11.7 Å². The topological polar surface area (TPSA) is 72.5 Å².